The summed E-state index contributed by atoms with van der Waals surface area (Å²) >= 11 is 1.19. The van der Waals surface area contributed by atoms with Gasteiger partial charge in [-0.15, -0.1) is 0 Å². The minimum absolute atomic E-state index is 0.157. The van der Waals surface area contributed by atoms with Crippen LogP contribution in [-0.2, 0) is 4.79 Å². The zero-order chi connectivity index (χ0) is 18.0. The Labute approximate surface area is 148 Å². The normalized spacial score (nSPS) is 10.8. The highest BCUT2D eigenvalue weighted by Crippen LogP contribution is 2.18. The second-order valence-corrected chi connectivity index (χ2v) is 6.83. The summed E-state index contributed by atoms with van der Waals surface area (Å²) in [5.41, 5.74) is 3.48. The molecule has 0 aliphatic heterocycles. The van der Waals surface area contributed by atoms with Gasteiger partial charge >= 0.3 is 0 Å². The Morgan fingerprint density at radius 1 is 1.24 bits per heavy atom. The summed E-state index contributed by atoms with van der Waals surface area (Å²) < 4.78 is 0. The third kappa shape index (κ3) is 4.03. The van der Waals surface area contributed by atoms with E-state index >= 15 is 0 Å². The van der Waals surface area contributed by atoms with E-state index in [0.717, 1.165) is 17.1 Å². The second-order valence-electron chi connectivity index (χ2n) is 5.86. The van der Waals surface area contributed by atoms with Crippen molar-refractivity contribution in [3.8, 4) is 0 Å². The number of aromatic nitrogens is 3. The summed E-state index contributed by atoms with van der Waals surface area (Å²) in [7, 11) is 3.92. The van der Waals surface area contributed by atoms with E-state index in [9.17, 15) is 9.59 Å². The molecule has 2 heterocycles. The van der Waals surface area contributed by atoms with Crippen LogP contribution in [0.5, 0.6) is 0 Å². The van der Waals surface area contributed by atoms with E-state index in [2.05, 4.69) is 20.3 Å². The number of nitrogens with zero attached hydrogens (tertiary/aromatic N) is 2. The maximum absolute atomic E-state index is 12.1. The smallest absolute Gasteiger partial charge is 0.275 e. The van der Waals surface area contributed by atoms with Crippen LogP contribution in [0.3, 0.4) is 0 Å². The molecule has 0 saturated heterocycles. The Morgan fingerprint density at radius 3 is 2.64 bits per heavy atom. The minimum atomic E-state index is -0.236. The molecule has 25 heavy (non-hydrogen) atoms. The molecule has 0 aliphatic rings. The first-order chi connectivity index (χ1) is 11.9. The van der Waals surface area contributed by atoms with Crippen LogP contribution in [0.4, 0.5) is 11.4 Å². The average Bonchev–Trinajstić information content (AvgIpc) is 2.94. The Bertz CT molecular complexity index is 959. The molecule has 0 radical (unpaired) electrons. The maximum atomic E-state index is 12.1. The number of rotatable bonds is 5. The molecule has 0 aliphatic carbocycles. The molecule has 2 aromatic heterocycles. The Balaban J connectivity index is 1.63. The molecule has 130 valence electrons. The van der Waals surface area contributed by atoms with Crippen LogP contribution < -0.4 is 15.8 Å². The summed E-state index contributed by atoms with van der Waals surface area (Å²) in [5.74, 6) is 0.00315. The first kappa shape index (κ1) is 17.1. The average molecular weight is 357 g/mol. The molecule has 0 atom stereocenters. The van der Waals surface area contributed by atoms with Gasteiger partial charge in [0.15, 0.2) is 5.16 Å². The molecule has 0 saturated carbocycles. The molecule has 0 unspecified atom stereocenters. The van der Waals surface area contributed by atoms with Gasteiger partial charge in [0.25, 0.3) is 5.56 Å². The van der Waals surface area contributed by atoms with Crippen molar-refractivity contribution >= 4 is 40.1 Å². The van der Waals surface area contributed by atoms with Gasteiger partial charge < -0.3 is 15.2 Å². The molecule has 7 nitrogen and oxygen atoms in total. The number of nitrogens with one attached hydrogen (secondary N) is 3. The van der Waals surface area contributed by atoms with Crippen molar-refractivity contribution in [2.24, 2.45) is 0 Å². The van der Waals surface area contributed by atoms with Crippen molar-refractivity contribution in [2.75, 3.05) is 30.1 Å². The molecular weight excluding hydrogens is 338 g/mol. The largest absolute Gasteiger partial charge is 0.378 e. The minimum Gasteiger partial charge on any atom is -0.378 e. The zero-order valence-corrected chi connectivity index (χ0v) is 15.0. The zero-order valence-electron chi connectivity index (χ0n) is 14.2. The molecule has 8 heteroatoms. The van der Waals surface area contributed by atoms with Crippen molar-refractivity contribution in [3.05, 3.63) is 46.4 Å². The van der Waals surface area contributed by atoms with Crippen LogP contribution in [0.25, 0.3) is 11.0 Å². The number of fused-ring (bicyclic) bond motifs is 1. The lowest BCUT2D eigenvalue weighted by atomic mass is 10.2. The number of aryl methyl sites for hydroxylation is 1. The number of H-pyrrole nitrogens is 2. The maximum Gasteiger partial charge on any atom is 0.275 e. The van der Waals surface area contributed by atoms with Crippen molar-refractivity contribution in [3.63, 3.8) is 0 Å². The Hall–Kier alpha value is -2.74. The first-order valence-electron chi connectivity index (χ1n) is 7.72. The van der Waals surface area contributed by atoms with E-state index in [-0.39, 0.29) is 17.2 Å². The summed E-state index contributed by atoms with van der Waals surface area (Å²) in [6.45, 7) is 1.86. The van der Waals surface area contributed by atoms with Crippen LogP contribution >= 0.6 is 11.8 Å². The fraction of sp³-hybridized carbons (Fsp3) is 0.235. The van der Waals surface area contributed by atoms with Gasteiger partial charge in [0.05, 0.1) is 11.3 Å². The Morgan fingerprint density at radius 2 is 1.96 bits per heavy atom. The lowest BCUT2D eigenvalue weighted by Crippen LogP contribution is -2.15. The van der Waals surface area contributed by atoms with Gasteiger partial charge in [-0.05, 0) is 37.3 Å². The van der Waals surface area contributed by atoms with Gasteiger partial charge in [0, 0.05) is 31.2 Å². The van der Waals surface area contributed by atoms with Crippen molar-refractivity contribution < 1.29 is 4.79 Å². The van der Waals surface area contributed by atoms with E-state index in [4.69, 9.17) is 0 Å². The van der Waals surface area contributed by atoms with Gasteiger partial charge in [-0.25, -0.2) is 4.98 Å². The second kappa shape index (κ2) is 7.02. The highest BCUT2D eigenvalue weighted by Gasteiger charge is 2.09. The number of hydrogen-bond acceptors (Lipinski definition) is 5. The number of amides is 1. The highest BCUT2D eigenvalue weighted by molar-refractivity contribution is 7.99. The molecule has 3 aromatic rings. The number of carbonyl (C=O) groups is 1. The third-order valence-corrected chi connectivity index (χ3v) is 4.48. The monoisotopic (exact) mass is 357 g/mol. The molecule has 0 bridgehead atoms. The fourth-order valence-electron chi connectivity index (χ4n) is 2.38. The van der Waals surface area contributed by atoms with Crippen molar-refractivity contribution in [1.82, 2.24) is 15.0 Å². The quantitative estimate of drug-likeness (QED) is 0.481. The van der Waals surface area contributed by atoms with Crippen LogP contribution in [0.2, 0.25) is 0 Å². The molecule has 1 amide bonds. The van der Waals surface area contributed by atoms with Gasteiger partial charge in [-0.1, -0.05) is 11.8 Å². The standard InChI is InChI=1S/C17H19N5O2S/c1-10-8-13-15(18-10)16(24)21-17(20-13)25-9-14(23)19-11-4-6-12(7-5-11)22(2)3/h4-8,18H,9H2,1-3H3,(H,19,23)(H,20,21,24). The third-order valence-electron chi connectivity index (χ3n) is 3.61. The van der Waals surface area contributed by atoms with Crippen molar-refractivity contribution in [1.29, 1.82) is 0 Å². The van der Waals surface area contributed by atoms with Gasteiger partial charge in [0.1, 0.15) is 5.52 Å². The van der Waals surface area contributed by atoms with E-state index in [0.29, 0.717) is 16.2 Å². The van der Waals surface area contributed by atoms with E-state index in [1.165, 1.54) is 11.8 Å². The van der Waals surface area contributed by atoms with Gasteiger partial charge in [-0.2, -0.15) is 0 Å². The lowest BCUT2D eigenvalue weighted by molar-refractivity contribution is -0.113. The predicted octanol–water partition coefficient (Wildman–Crippen LogP) is 2.36. The van der Waals surface area contributed by atoms with Crippen LogP contribution in [0, 0.1) is 6.92 Å². The van der Waals surface area contributed by atoms with E-state index in [1.54, 1.807) is 6.07 Å². The Kier molecular flexibility index (Phi) is 4.80. The van der Waals surface area contributed by atoms with E-state index < -0.39 is 0 Å². The topological polar surface area (TPSA) is 93.9 Å². The number of anilines is 2. The molecule has 3 rings (SSSR count). The van der Waals surface area contributed by atoms with Crippen LogP contribution in [-0.4, -0.2) is 40.7 Å². The number of hydrogen-bond donors (Lipinski definition) is 3. The summed E-state index contributed by atoms with van der Waals surface area (Å²) in [5, 5.41) is 3.26. The molecule has 1 aromatic carbocycles. The van der Waals surface area contributed by atoms with Gasteiger partial charge in [0.2, 0.25) is 5.91 Å². The predicted molar refractivity (Wildman–Crippen MR) is 102 cm³/mol. The van der Waals surface area contributed by atoms with Gasteiger partial charge in [-0.3, -0.25) is 14.6 Å². The van der Waals surface area contributed by atoms with Crippen molar-refractivity contribution in [2.45, 2.75) is 12.1 Å². The SMILES string of the molecule is Cc1cc2nc(SCC(=O)Nc3ccc(N(C)C)cc3)[nH]c(=O)c2[nH]1. The lowest BCUT2D eigenvalue weighted by Gasteiger charge is -2.13. The number of aromatic amines is 2. The van der Waals surface area contributed by atoms with Crippen LogP contribution in [0.1, 0.15) is 5.69 Å². The summed E-state index contributed by atoms with van der Waals surface area (Å²) in [4.78, 5) is 36.1. The highest BCUT2D eigenvalue weighted by atomic mass is 32.2. The molecule has 0 fully saturated rings. The fourth-order valence-corrected chi connectivity index (χ4v) is 3.04. The van der Waals surface area contributed by atoms with Crippen LogP contribution in [0.15, 0.2) is 40.3 Å². The van der Waals surface area contributed by atoms with E-state index in [1.807, 2.05) is 50.2 Å². The summed E-state index contributed by atoms with van der Waals surface area (Å²) in [6.07, 6.45) is 0. The first-order valence-corrected chi connectivity index (χ1v) is 8.70. The summed E-state index contributed by atoms with van der Waals surface area (Å²) in [6, 6.07) is 9.38. The number of carbonyl (C=O) groups excluding carboxylic acids is 1. The number of benzene rings is 1. The number of thioether (sulfide) groups is 1. The molecule has 0 spiro atoms. The molecular formula is C17H19N5O2S. The molecule has 3 N–H and O–H groups in total.